The van der Waals surface area contributed by atoms with E-state index in [1.165, 1.54) is 6.07 Å². The molecule has 0 saturated carbocycles. The molecule has 3 heteroatoms. The first kappa shape index (κ1) is 13.8. The second-order valence-corrected chi connectivity index (χ2v) is 5.34. The fourth-order valence-electron chi connectivity index (χ4n) is 2.35. The van der Waals surface area contributed by atoms with Crippen LogP contribution in [0.3, 0.4) is 0 Å². The highest BCUT2D eigenvalue weighted by Gasteiger charge is 2.14. The number of halogens is 2. The predicted octanol–water partition coefficient (Wildman–Crippen LogP) is 5.17. The molecule has 3 rings (SSSR count). The molecule has 3 aromatic carbocycles. The van der Waals surface area contributed by atoms with Gasteiger partial charge in [0, 0.05) is 21.5 Å². The van der Waals surface area contributed by atoms with Crippen molar-refractivity contribution < 1.29 is 9.18 Å². The lowest BCUT2D eigenvalue weighted by molar-refractivity contribution is 0.104. The van der Waals surface area contributed by atoms with Crippen molar-refractivity contribution in [2.24, 2.45) is 0 Å². The van der Waals surface area contributed by atoms with Crippen LogP contribution in [0.5, 0.6) is 0 Å². The summed E-state index contributed by atoms with van der Waals surface area (Å²) in [6, 6.07) is 15.3. The summed E-state index contributed by atoms with van der Waals surface area (Å²) in [6.07, 6.45) is 0. The van der Waals surface area contributed by atoms with E-state index in [0.717, 1.165) is 10.8 Å². The fourth-order valence-corrected chi connectivity index (χ4v) is 2.58. The van der Waals surface area contributed by atoms with E-state index in [1.54, 1.807) is 31.2 Å². The van der Waals surface area contributed by atoms with Gasteiger partial charge in [0.05, 0.1) is 0 Å². The Hall–Kier alpha value is -2.19. The Balaban J connectivity index is 2.18. The fraction of sp³-hybridized carbons (Fsp3) is 0.0556. The SMILES string of the molecule is Cc1ccc(C(=O)c2ccc(Cl)c3ccccc23)cc1F. The van der Waals surface area contributed by atoms with Crippen LogP contribution >= 0.6 is 11.6 Å². The van der Waals surface area contributed by atoms with E-state index in [1.807, 2.05) is 24.3 Å². The van der Waals surface area contributed by atoms with Gasteiger partial charge in [-0.1, -0.05) is 48.0 Å². The summed E-state index contributed by atoms with van der Waals surface area (Å²) in [6.45, 7) is 1.67. The molecule has 0 spiro atoms. The van der Waals surface area contributed by atoms with Gasteiger partial charge in [-0.25, -0.2) is 4.39 Å². The van der Waals surface area contributed by atoms with Gasteiger partial charge in [0.1, 0.15) is 5.82 Å². The zero-order valence-corrected chi connectivity index (χ0v) is 12.1. The van der Waals surface area contributed by atoms with Gasteiger partial charge in [-0.3, -0.25) is 4.79 Å². The van der Waals surface area contributed by atoms with Gasteiger partial charge in [-0.05, 0) is 36.1 Å². The summed E-state index contributed by atoms with van der Waals surface area (Å²) in [5, 5.41) is 2.19. The minimum Gasteiger partial charge on any atom is -0.289 e. The van der Waals surface area contributed by atoms with E-state index in [4.69, 9.17) is 11.6 Å². The van der Waals surface area contributed by atoms with Crippen molar-refractivity contribution in [1.29, 1.82) is 0 Å². The monoisotopic (exact) mass is 298 g/mol. The molecular weight excluding hydrogens is 287 g/mol. The summed E-state index contributed by atoms with van der Waals surface area (Å²) in [7, 11) is 0. The maximum absolute atomic E-state index is 13.7. The van der Waals surface area contributed by atoms with Crippen molar-refractivity contribution in [3.8, 4) is 0 Å². The molecule has 0 bridgehead atoms. The van der Waals surface area contributed by atoms with Crippen molar-refractivity contribution in [3.63, 3.8) is 0 Å². The van der Waals surface area contributed by atoms with Gasteiger partial charge < -0.3 is 0 Å². The second kappa shape index (κ2) is 5.30. The number of hydrogen-bond donors (Lipinski definition) is 0. The van der Waals surface area contributed by atoms with Crippen LogP contribution in [-0.4, -0.2) is 5.78 Å². The van der Waals surface area contributed by atoms with Crippen LogP contribution in [0.25, 0.3) is 10.8 Å². The zero-order valence-electron chi connectivity index (χ0n) is 11.4. The molecule has 0 saturated heterocycles. The lowest BCUT2D eigenvalue weighted by atomic mass is 9.96. The summed E-state index contributed by atoms with van der Waals surface area (Å²) < 4.78 is 13.7. The van der Waals surface area contributed by atoms with Crippen LogP contribution in [0, 0.1) is 12.7 Å². The Morgan fingerprint density at radius 2 is 1.71 bits per heavy atom. The molecule has 104 valence electrons. The van der Waals surface area contributed by atoms with Crippen molar-refractivity contribution in [1.82, 2.24) is 0 Å². The van der Waals surface area contributed by atoms with E-state index in [-0.39, 0.29) is 11.6 Å². The zero-order chi connectivity index (χ0) is 15.0. The Kier molecular flexibility index (Phi) is 3.48. The first-order valence-electron chi connectivity index (χ1n) is 6.56. The third kappa shape index (κ3) is 2.43. The summed E-state index contributed by atoms with van der Waals surface area (Å²) in [5.74, 6) is -0.583. The van der Waals surface area contributed by atoms with Crippen molar-refractivity contribution >= 4 is 28.2 Å². The maximum Gasteiger partial charge on any atom is 0.193 e. The predicted molar refractivity (Wildman–Crippen MR) is 83.5 cm³/mol. The van der Waals surface area contributed by atoms with Crippen LogP contribution in [0.4, 0.5) is 4.39 Å². The lowest BCUT2D eigenvalue weighted by Gasteiger charge is -2.08. The summed E-state index contributed by atoms with van der Waals surface area (Å²) in [4.78, 5) is 12.6. The molecule has 0 aliphatic heterocycles. The molecule has 0 aliphatic rings. The van der Waals surface area contributed by atoms with Crippen molar-refractivity contribution in [3.05, 3.63) is 82.1 Å². The maximum atomic E-state index is 13.7. The number of benzene rings is 3. The third-order valence-electron chi connectivity index (χ3n) is 3.55. The minimum atomic E-state index is -0.376. The standard InChI is InChI=1S/C18H12ClFO/c1-11-6-7-12(10-17(11)20)18(21)15-8-9-16(19)14-5-3-2-4-13(14)15/h2-10H,1H3. The van der Waals surface area contributed by atoms with Crippen LogP contribution in [0.2, 0.25) is 5.02 Å². The van der Waals surface area contributed by atoms with Gasteiger partial charge in [0.15, 0.2) is 5.78 Å². The molecule has 0 aromatic heterocycles. The number of aryl methyl sites for hydroxylation is 1. The van der Waals surface area contributed by atoms with E-state index >= 15 is 0 Å². The number of carbonyl (C=O) groups excluding carboxylic acids is 1. The molecule has 1 nitrogen and oxygen atoms in total. The number of ketones is 1. The van der Waals surface area contributed by atoms with Crippen molar-refractivity contribution in [2.45, 2.75) is 6.92 Å². The molecule has 21 heavy (non-hydrogen) atoms. The van der Waals surface area contributed by atoms with Gasteiger partial charge in [0.25, 0.3) is 0 Å². The highest BCUT2D eigenvalue weighted by atomic mass is 35.5. The summed E-state index contributed by atoms with van der Waals surface area (Å²) >= 11 is 6.15. The van der Waals surface area contributed by atoms with E-state index < -0.39 is 0 Å². The summed E-state index contributed by atoms with van der Waals surface area (Å²) in [5.41, 5.74) is 1.39. The molecule has 0 aliphatic carbocycles. The number of fused-ring (bicyclic) bond motifs is 1. The Morgan fingerprint density at radius 1 is 1.00 bits per heavy atom. The van der Waals surface area contributed by atoms with Gasteiger partial charge in [-0.15, -0.1) is 0 Å². The average molecular weight is 299 g/mol. The van der Waals surface area contributed by atoms with E-state index in [2.05, 4.69) is 0 Å². The minimum absolute atomic E-state index is 0.207. The van der Waals surface area contributed by atoms with Crippen LogP contribution in [0.15, 0.2) is 54.6 Å². The Bertz CT molecular complexity index is 855. The lowest BCUT2D eigenvalue weighted by Crippen LogP contribution is -2.03. The van der Waals surface area contributed by atoms with E-state index in [0.29, 0.717) is 21.7 Å². The van der Waals surface area contributed by atoms with Crippen LogP contribution < -0.4 is 0 Å². The van der Waals surface area contributed by atoms with Gasteiger partial charge in [0.2, 0.25) is 0 Å². The highest BCUT2D eigenvalue weighted by molar-refractivity contribution is 6.36. The molecular formula is C18H12ClFO. The van der Waals surface area contributed by atoms with E-state index in [9.17, 15) is 9.18 Å². The van der Waals surface area contributed by atoms with Crippen LogP contribution in [-0.2, 0) is 0 Å². The van der Waals surface area contributed by atoms with Gasteiger partial charge in [-0.2, -0.15) is 0 Å². The quantitative estimate of drug-likeness (QED) is 0.596. The number of carbonyl (C=O) groups is 1. The third-order valence-corrected chi connectivity index (χ3v) is 3.88. The molecule has 0 heterocycles. The average Bonchev–Trinajstić information content (AvgIpc) is 2.50. The topological polar surface area (TPSA) is 17.1 Å². The Labute approximate surface area is 127 Å². The second-order valence-electron chi connectivity index (χ2n) is 4.93. The van der Waals surface area contributed by atoms with Gasteiger partial charge >= 0.3 is 0 Å². The smallest absolute Gasteiger partial charge is 0.193 e. The largest absolute Gasteiger partial charge is 0.289 e. The molecule has 0 unspecified atom stereocenters. The van der Waals surface area contributed by atoms with Crippen LogP contribution in [0.1, 0.15) is 21.5 Å². The molecule has 3 aromatic rings. The first-order valence-corrected chi connectivity index (χ1v) is 6.94. The Morgan fingerprint density at radius 3 is 2.43 bits per heavy atom. The molecule has 0 fully saturated rings. The number of rotatable bonds is 2. The molecule has 0 N–H and O–H groups in total. The normalized spacial score (nSPS) is 10.8. The number of hydrogen-bond acceptors (Lipinski definition) is 1. The molecule has 0 atom stereocenters. The molecule has 0 amide bonds. The first-order chi connectivity index (χ1) is 10.1. The van der Waals surface area contributed by atoms with Crippen molar-refractivity contribution in [2.75, 3.05) is 0 Å². The highest BCUT2D eigenvalue weighted by Crippen LogP contribution is 2.28. The molecule has 0 radical (unpaired) electrons.